The minimum Gasteiger partial charge on any atom is -0.484 e. The number of ether oxygens (including phenoxy) is 2. The molecule has 1 fully saturated rings. The summed E-state index contributed by atoms with van der Waals surface area (Å²) in [6, 6.07) is 13.4. The summed E-state index contributed by atoms with van der Waals surface area (Å²) in [5.74, 6) is 0.224. The quantitative estimate of drug-likeness (QED) is 0.591. The van der Waals surface area contributed by atoms with Crippen molar-refractivity contribution in [2.45, 2.75) is 26.3 Å². The van der Waals surface area contributed by atoms with E-state index in [4.69, 9.17) is 9.47 Å². The number of pyridine rings is 1. The predicted molar refractivity (Wildman–Crippen MR) is 121 cm³/mol. The Morgan fingerprint density at radius 2 is 1.91 bits per heavy atom. The fourth-order valence-corrected chi connectivity index (χ4v) is 3.98. The minimum atomic E-state index is -0.343. The molecule has 2 heterocycles. The maximum atomic E-state index is 13.7. The van der Waals surface area contributed by atoms with Crippen LogP contribution in [0.1, 0.15) is 30.9 Å². The third kappa shape index (κ3) is 4.83. The average molecular weight is 438 g/mol. The first-order valence-corrected chi connectivity index (χ1v) is 10.8. The van der Waals surface area contributed by atoms with Crippen LogP contribution in [-0.4, -0.2) is 48.3 Å². The number of carbonyl (C=O) groups excluding carboxylic acids is 1. The second kappa shape index (κ2) is 9.53. The van der Waals surface area contributed by atoms with E-state index in [-0.39, 0.29) is 36.4 Å². The standard InChI is InChI=1S/C25H27FN2O4/c1-17(2)22-14-24(29)28(15-18-4-3-5-19(26)12-18)23-13-20(6-7-21(22)23)32-16-25(30)27-8-10-31-11-9-27/h3-7,12-14,17H,8-11,15-16H2,1-2H3. The van der Waals surface area contributed by atoms with Crippen molar-refractivity contribution in [3.63, 3.8) is 0 Å². The van der Waals surface area contributed by atoms with Crippen LogP contribution in [0.4, 0.5) is 4.39 Å². The van der Waals surface area contributed by atoms with Crippen molar-refractivity contribution in [1.29, 1.82) is 0 Å². The van der Waals surface area contributed by atoms with Gasteiger partial charge in [0.15, 0.2) is 6.61 Å². The lowest BCUT2D eigenvalue weighted by molar-refractivity contribution is -0.137. The molecule has 0 unspecified atom stereocenters. The van der Waals surface area contributed by atoms with Crippen molar-refractivity contribution >= 4 is 16.8 Å². The number of halogens is 1. The lowest BCUT2D eigenvalue weighted by Gasteiger charge is -2.26. The molecule has 0 saturated carbocycles. The molecule has 3 aromatic rings. The summed E-state index contributed by atoms with van der Waals surface area (Å²) in [4.78, 5) is 27.1. The number of morpholine rings is 1. The molecule has 0 spiro atoms. The zero-order valence-corrected chi connectivity index (χ0v) is 18.3. The Morgan fingerprint density at radius 1 is 1.12 bits per heavy atom. The second-order valence-corrected chi connectivity index (χ2v) is 8.27. The highest BCUT2D eigenvalue weighted by atomic mass is 19.1. The van der Waals surface area contributed by atoms with Gasteiger partial charge >= 0.3 is 0 Å². The number of amides is 1. The molecular formula is C25H27FN2O4. The molecule has 0 radical (unpaired) electrons. The van der Waals surface area contributed by atoms with Crippen LogP contribution < -0.4 is 10.3 Å². The molecule has 4 rings (SSSR count). The van der Waals surface area contributed by atoms with E-state index in [1.807, 2.05) is 26.0 Å². The van der Waals surface area contributed by atoms with Crippen molar-refractivity contribution in [2.24, 2.45) is 0 Å². The van der Waals surface area contributed by atoms with Crippen molar-refractivity contribution in [2.75, 3.05) is 32.9 Å². The van der Waals surface area contributed by atoms with Gasteiger partial charge in [-0.25, -0.2) is 4.39 Å². The summed E-state index contributed by atoms with van der Waals surface area (Å²) in [5, 5.41) is 0.933. The predicted octanol–water partition coefficient (Wildman–Crippen LogP) is 3.55. The molecule has 0 aliphatic carbocycles. The van der Waals surface area contributed by atoms with Crippen molar-refractivity contribution in [3.05, 3.63) is 75.8 Å². The molecule has 1 aliphatic rings. The molecule has 1 saturated heterocycles. The fourth-order valence-electron chi connectivity index (χ4n) is 3.98. The third-order valence-electron chi connectivity index (χ3n) is 5.69. The molecule has 168 valence electrons. The summed E-state index contributed by atoms with van der Waals surface area (Å²) >= 11 is 0. The van der Waals surface area contributed by atoms with E-state index < -0.39 is 0 Å². The average Bonchev–Trinajstić information content (AvgIpc) is 2.79. The maximum absolute atomic E-state index is 13.7. The molecule has 0 bridgehead atoms. The summed E-state index contributed by atoms with van der Waals surface area (Å²) in [5.41, 5.74) is 2.17. The third-order valence-corrected chi connectivity index (χ3v) is 5.69. The van der Waals surface area contributed by atoms with Gasteiger partial charge < -0.3 is 18.9 Å². The normalized spacial score (nSPS) is 14.2. The van der Waals surface area contributed by atoms with Gasteiger partial charge in [0.1, 0.15) is 11.6 Å². The number of hydrogen-bond acceptors (Lipinski definition) is 4. The molecule has 6 nitrogen and oxygen atoms in total. The van der Waals surface area contributed by atoms with Crippen LogP contribution in [0.3, 0.4) is 0 Å². The molecule has 0 N–H and O–H groups in total. The van der Waals surface area contributed by atoms with Crippen LogP contribution in [0, 0.1) is 5.82 Å². The Hall–Kier alpha value is -3.19. The van der Waals surface area contributed by atoms with E-state index in [2.05, 4.69) is 0 Å². The monoisotopic (exact) mass is 438 g/mol. The number of carbonyl (C=O) groups is 1. The van der Waals surface area contributed by atoms with E-state index in [1.54, 1.807) is 33.7 Å². The number of benzene rings is 2. The summed E-state index contributed by atoms with van der Waals surface area (Å²) in [6.45, 7) is 6.42. The van der Waals surface area contributed by atoms with Crippen LogP contribution in [0.25, 0.3) is 10.9 Å². The lowest BCUT2D eigenvalue weighted by Crippen LogP contribution is -2.42. The van der Waals surface area contributed by atoms with E-state index in [0.717, 1.165) is 10.9 Å². The largest absolute Gasteiger partial charge is 0.484 e. The van der Waals surface area contributed by atoms with Gasteiger partial charge in [-0.05, 0) is 41.3 Å². The van der Waals surface area contributed by atoms with Gasteiger partial charge in [0.05, 0.1) is 25.3 Å². The first-order valence-electron chi connectivity index (χ1n) is 10.8. The first-order chi connectivity index (χ1) is 15.4. The van der Waals surface area contributed by atoms with Gasteiger partial charge in [0.25, 0.3) is 11.5 Å². The molecular weight excluding hydrogens is 411 g/mol. The number of nitrogens with zero attached hydrogens (tertiary/aromatic N) is 2. The van der Waals surface area contributed by atoms with Gasteiger partial charge in [0.2, 0.25) is 0 Å². The number of aromatic nitrogens is 1. The Kier molecular flexibility index (Phi) is 6.55. The maximum Gasteiger partial charge on any atom is 0.260 e. The van der Waals surface area contributed by atoms with Gasteiger partial charge in [-0.15, -0.1) is 0 Å². The number of hydrogen-bond donors (Lipinski definition) is 0. The van der Waals surface area contributed by atoms with E-state index in [1.165, 1.54) is 12.1 Å². The summed E-state index contributed by atoms with van der Waals surface area (Å²) < 4.78 is 26.4. The van der Waals surface area contributed by atoms with Gasteiger partial charge in [-0.1, -0.05) is 26.0 Å². The van der Waals surface area contributed by atoms with Gasteiger partial charge in [0, 0.05) is 30.6 Å². The zero-order chi connectivity index (χ0) is 22.7. The second-order valence-electron chi connectivity index (χ2n) is 8.27. The van der Waals surface area contributed by atoms with Crippen molar-refractivity contribution in [3.8, 4) is 5.75 Å². The van der Waals surface area contributed by atoms with Crippen molar-refractivity contribution < 1.29 is 18.7 Å². The van der Waals surface area contributed by atoms with Gasteiger partial charge in [-0.3, -0.25) is 9.59 Å². The molecule has 32 heavy (non-hydrogen) atoms. The minimum absolute atomic E-state index is 0.0799. The highest BCUT2D eigenvalue weighted by Gasteiger charge is 2.18. The smallest absolute Gasteiger partial charge is 0.260 e. The molecule has 0 atom stereocenters. The Labute approximate surface area is 186 Å². The summed E-state index contributed by atoms with van der Waals surface area (Å²) in [7, 11) is 0. The van der Waals surface area contributed by atoms with Gasteiger partial charge in [-0.2, -0.15) is 0 Å². The topological polar surface area (TPSA) is 60.8 Å². The van der Waals surface area contributed by atoms with Crippen LogP contribution in [0.15, 0.2) is 53.3 Å². The fraction of sp³-hybridized carbons (Fsp3) is 0.360. The first kappa shape index (κ1) is 22.0. The molecule has 1 aliphatic heterocycles. The highest BCUT2D eigenvalue weighted by molar-refractivity contribution is 5.85. The zero-order valence-electron chi connectivity index (χ0n) is 18.3. The summed E-state index contributed by atoms with van der Waals surface area (Å²) in [6.07, 6.45) is 0. The van der Waals surface area contributed by atoms with Crippen LogP contribution in [-0.2, 0) is 16.1 Å². The molecule has 1 amide bonds. The SMILES string of the molecule is CC(C)c1cc(=O)n(Cc2cccc(F)c2)c2cc(OCC(=O)N3CCOCC3)ccc12. The highest BCUT2D eigenvalue weighted by Crippen LogP contribution is 2.28. The van der Waals surface area contributed by atoms with E-state index >= 15 is 0 Å². The molecule has 7 heteroatoms. The molecule has 2 aromatic carbocycles. The lowest BCUT2D eigenvalue weighted by atomic mass is 9.98. The Balaban J connectivity index is 1.67. The Bertz CT molecular complexity index is 1180. The van der Waals surface area contributed by atoms with Crippen molar-refractivity contribution in [1.82, 2.24) is 9.47 Å². The number of fused-ring (bicyclic) bond motifs is 1. The number of rotatable bonds is 6. The van der Waals surface area contributed by atoms with Crippen LogP contribution >= 0.6 is 0 Å². The van der Waals surface area contributed by atoms with E-state index in [9.17, 15) is 14.0 Å². The van der Waals surface area contributed by atoms with E-state index in [0.29, 0.717) is 43.1 Å². The Morgan fingerprint density at radius 3 is 2.62 bits per heavy atom. The molecule has 1 aromatic heterocycles. The van der Waals surface area contributed by atoms with Crippen LogP contribution in [0.2, 0.25) is 0 Å². The van der Waals surface area contributed by atoms with Crippen LogP contribution in [0.5, 0.6) is 5.75 Å².